The highest BCUT2D eigenvalue weighted by atomic mass is 16.5. The van der Waals surface area contributed by atoms with Crippen LogP contribution in [0.4, 0.5) is 0 Å². The van der Waals surface area contributed by atoms with Crippen LogP contribution in [0.25, 0.3) is 0 Å². The Bertz CT molecular complexity index is 249. The Labute approximate surface area is 95.8 Å². The van der Waals surface area contributed by atoms with E-state index in [1.54, 1.807) is 6.08 Å². The van der Waals surface area contributed by atoms with E-state index in [-0.39, 0.29) is 18.5 Å². The van der Waals surface area contributed by atoms with Crippen LogP contribution in [0.2, 0.25) is 0 Å². The standard InChI is InChI=1S/C10H17BNO4/c1-2-3-4-10(15)12-11-9-5-7(14)8(6-13)16-9/h2,7-9,13-14H,1,3-6H2,(H,12,15). The zero-order valence-corrected chi connectivity index (χ0v) is 9.13. The number of allylic oxidation sites excluding steroid dienone is 1. The lowest BCUT2D eigenvalue weighted by atomic mass is 9.82. The number of rotatable bonds is 6. The highest BCUT2D eigenvalue weighted by Crippen LogP contribution is 2.18. The van der Waals surface area contributed by atoms with Crippen molar-refractivity contribution in [3.63, 3.8) is 0 Å². The maximum Gasteiger partial charge on any atom is 0.279 e. The molecule has 6 heteroatoms. The second-order valence-corrected chi connectivity index (χ2v) is 3.76. The molecule has 1 saturated heterocycles. The largest absolute Gasteiger partial charge is 0.401 e. The van der Waals surface area contributed by atoms with Crippen molar-refractivity contribution >= 4 is 13.3 Å². The van der Waals surface area contributed by atoms with Gasteiger partial charge in [-0.05, 0) is 12.8 Å². The van der Waals surface area contributed by atoms with Crippen molar-refractivity contribution in [2.24, 2.45) is 0 Å². The molecule has 1 heterocycles. The number of aliphatic hydroxyl groups excluding tert-OH is 2. The fourth-order valence-corrected chi connectivity index (χ4v) is 1.52. The summed E-state index contributed by atoms with van der Waals surface area (Å²) in [5.41, 5.74) is 0. The first-order chi connectivity index (χ1) is 7.67. The van der Waals surface area contributed by atoms with Gasteiger partial charge in [0, 0.05) is 6.42 Å². The summed E-state index contributed by atoms with van der Waals surface area (Å²) in [7, 11) is 1.52. The van der Waals surface area contributed by atoms with Crippen LogP contribution in [0.1, 0.15) is 19.3 Å². The van der Waals surface area contributed by atoms with Gasteiger partial charge in [0.05, 0.1) is 18.7 Å². The molecule has 3 N–H and O–H groups in total. The molecule has 3 atom stereocenters. The van der Waals surface area contributed by atoms with E-state index in [2.05, 4.69) is 11.8 Å². The third-order valence-corrected chi connectivity index (χ3v) is 2.44. The number of carbonyl (C=O) groups excluding carboxylic acids is 1. The average molecular weight is 226 g/mol. The maximum atomic E-state index is 11.2. The van der Waals surface area contributed by atoms with Gasteiger partial charge in [-0.25, -0.2) is 0 Å². The third-order valence-electron chi connectivity index (χ3n) is 2.44. The molecule has 0 aromatic carbocycles. The summed E-state index contributed by atoms with van der Waals surface area (Å²) in [4.78, 5) is 11.2. The summed E-state index contributed by atoms with van der Waals surface area (Å²) >= 11 is 0. The van der Waals surface area contributed by atoms with E-state index in [0.29, 0.717) is 19.3 Å². The SMILES string of the molecule is C=CCCC(=O)N[B]C1CC(O)C(CO)O1. The number of nitrogens with one attached hydrogen (secondary N) is 1. The monoisotopic (exact) mass is 226 g/mol. The fraction of sp³-hybridized carbons (Fsp3) is 0.700. The molecule has 1 fully saturated rings. The molecule has 0 bridgehead atoms. The van der Waals surface area contributed by atoms with E-state index < -0.39 is 12.2 Å². The van der Waals surface area contributed by atoms with Crippen LogP contribution in [0.5, 0.6) is 0 Å². The van der Waals surface area contributed by atoms with Gasteiger partial charge in [-0.15, -0.1) is 6.58 Å². The molecule has 1 aliphatic heterocycles. The average Bonchev–Trinajstić information content (AvgIpc) is 2.64. The minimum atomic E-state index is -0.670. The second kappa shape index (κ2) is 6.68. The lowest BCUT2D eigenvalue weighted by Crippen LogP contribution is -2.36. The van der Waals surface area contributed by atoms with Crippen molar-refractivity contribution < 1.29 is 19.7 Å². The number of ether oxygens (including phenoxy) is 1. The Kier molecular flexibility index (Phi) is 5.52. The van der Waals surface area contributed by atoms with Crippen LogP contribution in [-0.4, -0.2) is 48.4 Å². The zero-order chi connectivity index (χ0) is 12.0. The summed E-state index contributed by atoms with van der Waals surface area (Å²) in [6.07, 6.45) is 1.87. The molecule has 0 aliphatic carbocycles. The number of hydrogen-bond donors (Lipinski definition) is 3. The summed E-state index contributed by atoms with van der Waals surface area (Å²) in [6, 6.07) is -0.333. The smallest absolute Gasteiger partial charge is 0.279 e. The van der Waals surface area contributed by atoms with Crippen molar-refractivity contribution in [2.45, 2.75) is 37.5 Å². The molecule has 0 aromatic rings. The summed E-state index contributed by atoms with van der Waals surface area (Å²) in [5.74, 6) is -0.106. The predicted molar refractivity (Wildman–Crippen MR) is 59.7 cm³/mol. The van der Waals surface area contributed by atoms with Crippen molar-refractivity contribution in [3.05, 3.63) is 12.7 Å². The topological polar surface area (TPSA) is 78.8 Å². The van der Waals surface area contributed by atoms with Gasteiger partial charge in [0.15, 0.2) is 0 Å². The summed E-state index contributed by atoms with van der Waals surface area (Å²) in [6.45, 7) is 3.31. The normalized spacial score (nSPS) is 28.8. The van der Waals surface area contributed by atoms with Gasteiger partial charge < -0.3 is 20.2 Å². The summed E-state index contributed by atoms with van der Waals surface area (Å²) in [5, 5.41) is 20.9. The van der Waals surface area contributed by atoms with Crippen molar-refractivity contribution in [3.8, 4) is 0 Å². The van der Waals surface area contributed by atoms with E-state index in [0.717, 1.165) is 0 Å². The second-order valence-electron chi connectivity index (χ2n) is 3.76. The predicted octanol–water partition coefficient (Wildman–Crippen LogP) is -0.844. The van der Waals surface area contributed by atoms with E-state index in [1.807, 2.05) is 0 Å². The molecule has 3 unspecified atom stereocenters. The molecule has 1 rings (SSSR count). The molecule has 0 saturated carbocycles. The molecular formula is C10H17BNO4. The van der Waals surface area contributed by atoms with Crippen LogP contribution in [-0.2, 0) is 9.53 Å². The molecule has 1 radical (unpaired) electrons. The van der Waals surface area contributed by atoms with Gasteiger partial charge in [0.2, 0.25) is 5.91 Å². The van der Waals surface area contributed by atoms with Crippen LogP contribution in [0.3, 0.4) is 0 Å². The van der Waals surface area contributed by atoms with Crippen molar-refractivity contribution in [2.75, 3.05) is 6.61 Å². The van der Waals surface area contributed by atoms with E-state index in [9.17, 15) is 9.90 Å². The molecule has 1 aliphatic rings. The zero-order valence-electron chi connectivity index (χ0n) is 9.13. The van der Waals surface area contributed by atoms with Crippen LogP contribution in [0, 0.1) is 0 Å². The molecule has 0 aromatic heterocycles. The fourth-order valence-electron chi connectivity index (χ4n) is 1.52. The summed E-state index contributed by atoms with van der Waals surface area (Å²) < 4.78 is 5.29. The lowest BCUT2D eigenvalue weighted by molar-refractivity contribution is -0.119. The van der Waals surface area contributed by atoms with Crippen LogP contribution >= 0.6 is 0 Å². The quantitative estimate of drug-likeness (QED) is 0.407. The van der Waals surface area contributed by atoms with Gasteiger partial charge in [-0.2, -0.15) is 0 Å². The van der Waals surface area contributed by atoms with Crippen molar-refractivity contribution in [1.29, 1.82) is 0 Å². The maximum absolute atomic E-state index is 11.2. The van der Waals surface area contributed by atoms with E-state index >= 15 is 0 Å². The Morgan fingerprint density at radius 1 is 1.69 bits per heavy atom. The lowest BCUT2D eigenvalue weighted by Gasteiger charge is -2.11. The van der Waals surface area contributed by atoms with Gasteiger partial charge >= 0.3 is 0 Å². The molecule has 1 amide bonds. The Hall–Kier alpha value is -0.845. The van der Waals surface area contributed by atoms with Gasteiger partial charge in [0.25, 0.3) is 7.41 Å². The van der Waals surface area contributed by atoms with Crippen LogP contribution < -0.4 is 5.23 Å². The van der Waals surface area contributed by atoms with Gasteiger partial charge in [0.1, 0.15) is 6.10 Å². The minimum absolute atomic E-state index is 0.106. The minimum Gasteiger partial charge on any atom is -0.401 e. The highest BCUT2D eigenvalue weighted by Gasteiger charge is 2.33. The highest BCUT2D eigenvalue weighted by molar-refractivity contribution is 6.38. The molecular weight excluding hydrogens is 209 g/mol. The van der Waals surface area contributed by atoms with Crippen LogP contribution in [0.15, 0.2) is 12.7 Å². The molecule has 0 spiro atoms. The molecule has 5 nitrogen and oxygen atoms in total. The Morgan fingerprint density at radius 2 is 2.44 bits per heavy atom. The number of amides is 1. The van der Waals surface area contributed by atoms with Crippen molar-refractivity contribution in [1.82, 2.24) is 5.23 Å². The first kappa shape index (κ1) is 13.2. The van der Waals surface area contributed by atoms with Gasteiger partial charge in [-0.1, -0.05) is 6.08 Å². The number of aliphatic hydroxyl groups is 2. The van der Waals surface area contributed by atoms with E-state index in [1.165, 1.54) is 7.41 Å². The molecule has 16 heavy (non-hydrogen) atoms. The molecule has 89 valence electrons. The first-order valence-electron chi connectivity index (χ1n) is 5.35. The van der Waals surface area contributed by atoms with Gasteiger partial charge in [-0.3, -0.25) is 4.79 Å². The first-order valence-corrected chi connectivity index (χ1v) is 5.35. The third kappa shape index (κ3) is 3.96. The number of hydrogen-bond acceptors (Lipinski definition) is 4. The number of carbonyl (C=O) groups is 1. The van der Waals surface area contributed by atoms with E-state index in [4.69, 9.17) is 9.84 Å². The Balaban J connectivity index is 2.19. The Morgan fingerprint density at radius 3 is 3.00 bits per heavy atom.